The molecular formula is C50H93O8P. The van der Waals surface area contributed by atoms with Crippen molar-refractivity contribution in [3.05, 3.63) is 36.5 Å². The van der Waals surface area contributed by atoms with Gasteiger partial charge < -0.3 is 14.4 Å². The highest BCUT2D eigenvalue weighted by Gasteiger charge is 2.25. The summed E-state index contributed by atoms with van der Waals surface area (Å²) in [4.78, 5) is 34.9. The second-order valence-electron chi connectivity index (χ2n) is 16.5. The first kappa shape index (κ1) is 57.3. The second kappa shape index (κ2) is 45.8. The molecule has 346 valence electrons. The Morgan fingerprint density at radius 3 is 1.31 bits per heavy atom. The van der Waals surface area contributed by atoms with Gasteiger partial charge in [-0.15, -0.1) is 0 Å². The lowest BCUT2D eigenvalue weighted by Crippen LogP contribution is -2.29. The molecule has 0 aromatic heterocycles. The number of phosphoric acid groups is 1. The molecule has 0 aromatic carbocycles. The minimum Gasteiger partial charge on any atom is -0.462 e. The Bertz CT molecular complexity index is 1060. The zero-order chi connectivity index (χ0) is 43.2. The van der Waals surface area contributed by atoms with Gasteiger partial charge in [0.2, 0.25) is 0 Å². The molecule has 0 saturated heterocycles. The standard InChI is InChI=1S/C50H93O8P/c1-4-7-9-11-13-15-17-19-21-23-24-25-26-27-29-30-32-34-36-38-40-42-44-49(51)55-46-48(47-57-59(53,54)56-6-3)58-50(52)45-43-41-39-37-35-33-31-28-22-20-18-16-14-12-10-8-5-2/h8,10,14,16,20,22,48H,4-7,9,11-13,15,17-19,21,23-47H2,1-3H3,(H,53,54)/b10-8-,16-14-,22-20-. The Morgan fingerprint density at radius 1 is 0.475 bits per heavy atom. The Labute approximate surface area is 364 Å². The summed E-state index contributed by atoms with van der Waals surface area (Å²) in [5.74, 6) is -0.798. The van der Waals surface area contributed by atoms with Crippen LogP contribution >= 0.6 is 7.82 Å². The van der Waals surface area contributed by atoms with Crippen LogP contribution in [-0.4, -0.2) is 42.8 Å². The van der Waals surface area contributed by atoms with Crippen LogP contribution in [0.1, 0.15) is 245 Å². The quantitative estimate of drug-likeness (QED) is 0.0279. The molecule has 8 nitrogen and oxygen atoms in total. The number of hydrogen-bond acceptors (Lipinski definition) is 7. The molecule has 1 N–H and O–H groups in total. The summed E-state index contributed by atoms with van der Waals surface area (Å²) in [5, 5.41) is 0. The van der Waals surface area contributed by atoms with Crippen molar-refractivity contribution >= 4 is 19.8 Å². The van der Waals surface area contributed by atoms with Gasteiger partial charge in [0.25, 0.3) is 0 Å². The number of carbonyl (C=O) groups is 2. The molecule has 2 atom stereocenters. The molecule has 0 radical (unpaired) electrons. The minimum atomic E-state index is -4.29. The van der Waals surface area contributed by atoms with Gasteiger partial charge in [-0.25, -0.2) is 4.57 Å². The highest BCUT2D eigenvalue weighted by molar-refractivity contribution is 7.47. The number of rotatable bonds is 46. The summed E-state index contributed by atoms with van der Waals surface area (Å²) in [6, 6.07) is 0. The summed E-state index contributed by atoms with van der Waals surface area (Å²) in [6.07, 6.45) is 53.5. The van der Waals surface area contributed by atoms with Crippen LogP contribution in [0.5, 0.6) is 0 Å². The molecule has 0 amide bonds. The van der Waals surface area contributed by atoms with E-state index in [0.29, 0.717) is 12.8 Å². The van der Waals surface area contributed by atoms with Gasteiger partial charge in [-0.1, -0.05) is 217 Å². The SMILES string of the molecule is CC/C=C\C/C=C\C/C=C\CCCCCCCCCC(=O)OC(COC(=O)CCCCCCCCCCCCCCCCCCCCCCCC)COP(=O)(O)OCC. The van der Waals surface area contributed by atoms with E-state index in [9.17, 15) is 19.0 Å². The van der Waals surface area contributed by atoms with Crippen LogP contribution in [0.25, 0.3) is 0 Å². The predicted molar refractivity (Wildman–Crippen MR) is 249 cm³/mol. The van der Waals surface area contributed by atoms with Crippen molar-refractivity contribution in [1.29, 1.82) is 0 Å². The van der Waals surface area contributed by atoms with Crippen molar-refractivity contribution < 1.29 is 37.6 Å². The predicted octanol–water partition coefficient (Wildman–Crippen LogP) is 16.0. The van der Waals surface area contributed by atoms with Crippen molar-refractivity contribution in [1.82, 2.24) is 0 Å². The van der Waals surface area contributed by atoms with Gasteiger partial charge in [0, 0.05) is 12.8 Å². The first-order valence-electron chi connectivity index (χ1n) is 24.8. The molecule has 0 aliphatic rings. The first-order valence-corrected chi connectivity index (χ1v) is 26.3. The number of hydrogen-bond donors (Lipinski definition) is 1. The fourth-order valence-corrected chi connectivity index (χ4v) is 7.87. The molecule has 0 aliphatic carbocycles. The Morgan fingerprint density at radius 2 is 0.864 bits per heavy atom. The number of unbranched alkanes of at least 4 members (excludes halogenated alkanes) is 28. The third-order valence-corrected chi connectivity index (χ3v) is 11.8. The number of ether oxygens (including phenoxy) is 2. The van der Waals surface area contributed by atoms with E-state index < -0.39 is 26.5 Å². The van der Waals surface area contributed by atoms with Gasteiger partial charge in [0.1, 0.15) is 6.61 Å². The average Bonchev–Trinajstić information content (AvgIpc) is 3.22. The van der Waals surface area contributed by atoms with Crippen molar-refractivity contribution in [2.45, 2.75) is 252 Å². The molecule has 2 unspecified atom stereocenters. The molecule has 0 aliphatic heterocycles. The van der Waals surface area contributed by atoms with Crippen LogP contribution in [0.2, 0.25) is 0 Å². The van der Waals surface area contributed by atoms with E-state index in [0.717, 1.165) is 64.2 Å². The van der Waals surface area contributed by atoms with E-state index in [2.05, 4.69) is 50.3 Å². The molecule has 0 heterocycles. The molecule has 0 spiro atoms. The number of esters is 2. The smallest absolute Gasteiger partial charge is 0.462 e. The van der Waals surface area contributed by atoms with Gasteiger partial charge in [0.05, 0.1) is 13.2 Å². The highest BCUT2D eigenvalue weighted by Crippen LogP contribution is 2.43. The minimum absolute atomic E-state index is 0.000747. The normalized spacial score (nSPS) is 13.5. The summed E-state index contributed by atoms with van der Waals surface area (Å²) in [7, 11) is -4.29. The van der Waals surface area contributed by atoms with E-state index in [1.165, 1.54) is 141 Å². The Hall–Kier alpha value is -1.73. The van der Waals surface area contributed by atoms with Crippen LogP contribution in [0.4, 0.5) is 0 Å². The molecule has 9 heteroatoms. The van der Waals surface area contributed by atoms with Crippen LogP contribution in [-0.2, 0) is 32.7 Å². The monoisotopic (exact) mass is 853 g/mol. The zero-order valence-electron chi connectivity index (χ0n) is 38.7. The summed E-state index contributed by atoms with van der Waals surface area (Å²) < 4.78 is 32.8. The van der Waals surface area contributed by atoms with Gasteiger partial charge in [-0.2, -0.15) is 0 Å². The van der Waals surface area contributed by atoms with Gasteiger partial charge in [0.15, 0.2) is 6.10 Å². The third-order valence-electron chi connectivity index (χ3n) is 10.7. The summed E-state index contributed by atoms with van der Waals surface area (Å²) in [6.45, 7) is 5.40. The van der Waals surface area contributed by atoms with E-state index >= 15 is 0 Å². The van der Waals surface area contributed by atoms with E-state index in [1.807, 2.05) is 0 Å². The first-order chi connectivity index (χ1) is 28.8. The lowest BCUT2D eigenvalue weighted by atomic mass is 10.0. The number of carbonyl (C=O) groups excluding carboxylic acids is 2. The highest BCUT2D eigenvalue weighted by atomic mass is 31.2. The maximum Gasteiger partial charge on any atom is 0.472 e. The summed E-state index contributed by atoms with van der Waals surface area (Å²) >= 11 is 0. The summed E-state index contributed by atoms with van der Waals surface area (Å²) in [5.41, 5.74) is 0. The van der Waals surface area contributed by atoms with Gasteiger partial charge in [-0.05, 0) is 51.9 Å². The average molecular weight is 853 g/mol. The fraction of sp³-hybridized carbons (Fsp3) is 0.840. The van der Waals surface area contributed by atoms with Gasteiger partial charge in [-0.3, -0.25) is 18.6 Å². The zero-order valence-corrected chi connectivity index (χ0v) is 39.6. The van der Waals surface area contributed by atoms with Crippen LogP contribution in [0, 0.1) is 0 Å². The molecule has 0 fully saturated rings. The van der Waals surface area contributed by atoms with E-state index in [4.69, 9.17) is 18.5 Å². The number of phosphoric ester groups is 1. The molecule has 0 rings (SSSR count). The lowest BCUT2D eigenvalue weighted by Gasteiger charge is -2.19. The molecular weight excluding hydrogens is 760 g/mol. The molecule has 59 heavy (non-hydrogen) atoms. The van der Waals surface area contributed by atoms with Crippen LogP contribution in [0.3, 0.4) is 0 Å². The van der Waals surface area contributed by atoms with E-state index in [-0.39, 0.29) is 25.6 Å². The van der Waals surface area contributed by atoms with Crippen molar-refractivity contribution in [3.63, 3.8) is 0 Å². The Balaban J connectivity index is 3.96. The third kappa shape index (κ3) is 45.6. The topological polar surface area (TPSA) is 108 Å². The second-order valence-corrected chi connectivity index (χ2v) is 17.9. The molecule has 0 saturated carbocycles. The maximum absolute atomic E-state index is 12.6. The van der Waals surface area contributed by atoms with Crippen LogP contribution < -0.4 is 0 Å². The largest absolute Gasteiger partial charge is 0.472 e. The van der Waals surface area contributed by atoms with Crippen LogP contribution in [0.15, 0.2) is 36.5 Å². The maximum atomic E-state index is 12.6. The van der Waals surface area contributed by atoms with E-state index in [1.54, 1.807) is 6.92 Å². The fourth-order valence-electron chi connectivity index (χ4n) is 7.12. The van der Waals surface area contributed by atoms with Crippen molar-refractivity contribution in [2.24, 2.45) is 0 Å². The van der Waals surface area contributed by atoms with Crippen molar-refractivity contribution in [2.75, 3.05) is 19.8 Å². The Kier molecular flexibility index (Phi) is 44.4. The van der Waals surface area contributed by atoms with Gasteiger partial charge >= 0.3 is 19.8 Å². The number of allylic oxidation sites excluding steroid dienone is 6. The molecule has 0 bridgehead atoms. The van der Waals surface area contributed by atoms with Crippen molar-refractivity contribution in [3.8, 4) is 0 Å². The lowest BCUT2D eigenvalue weighted by molar-refractivity contribution is -0.161. The molecule has 0 aromatic rings.